The lowest BCUT2D eigenvalue weighted by Crippen LogP contribution is -2.16. The van der Waals surface area contributed by atoms with E-state index in [4.69, 9.17) is 0 Å². The van der Waals surface area contributed by atoms with Crippen molar-refractivity contribution in [1.29, 1.82) is 0 Å². The zero-order valence-corrected chi connectivity index (χ0v) is 16.1. The Labute approximate surface area is 159 Å². The van der Waals surface area contributed by atoms with Gasteiger partial charge in [-0.05, 0) is 29.7 Å². The van der Waals surface area contributed by atoms with Crippen molar-refractivity contribution in [2.24, 2.45) is 5.92 Å². The van der Waals surface area contributed by atoms with Crippen molar-refractivity contribution in [2.75, 3.05) is 11.5 Å². The molecule has 0 saturated heterocycles. The molecule has 0 bridgehead atoms. The Hall–Kier alpha value is -1.39. The smallest absolute Gasteiger partial charge is 0.307 e. The first-order chi connectivity index (χ1) is 12.3. The molecule has 0 aliphatic carbocycles. The van der Waals surface area contributed by atoms with Gasteiger partial charge in [0.2, 0.25) is 0 Å². The Kier molecular flexibility index (Phi) is 9.60. The lowest BCUT2D eigenvalue weighted by atomic mass is 10.1. The molecule has 0 aliphatic heterocycles. The molecule has 0 amide bonds. The summed E-state index contributed by atoms with van der Waals surface area (Å²) in [6.07, 6.45) is 2.86. The van der Waals surface area contributed by atoms with E-state index in [0.29, 0.717) is 5.75 Å². The van der Waals surface area contributed by atoms with Crippen LogP contribution in [0.2, 0.25) is 0 Å². The molecule has 2 rings (SSSR count). The predicted octanol–water partition coefficient (Wildman–Crippen LogP) is 5.72. The molecule has 0 heterocycles. The molecule has 0 aromatic heterocycles. The lowest BCUT2D eigenvalue weighted by Gasteiger charge is -2.12. The summed E-state index contributed by atoms with van der Waals surface area (Å²) < 4.78 is 0. The largest absolute Gasteiger partial charge is 0.481 e. The molecule has 1 atom stereocenters. The van der Waals surface area contributed by atoms with Gasteiger partial charge in [0.05, 0.1) is 5.92 Å². The van der Waals surface area contributed by atoms with Crippen molar-refractivity contribution in [3.8, 4) is 0 Å². The number of carbonyl (C=O) groups is 1. The fourth-order valence-corrected chi connectivity index (χ4v) is 4.65. The van der Waals surface area contributed by atoms with E-state index >= 15 is 0 Å². The van der Waals surface area contributed by atoms with E-state index in [1.165, 1.54) is 11.1 Å². The third-order valence-electron chi connectivity index (χ3n) is 3.98. The van der Waals surface area contributed by atoms with Gasteiger partial charge in [-0.15, -0.1) is 0 Å². The van der Waals surface area contributed by atoms with Gasteiger partial charge in [-0.2, -0.15) is 23.5 Å². The summed E-state index contributed by atoms with van der Waals surface area (Å²) in [7, 11) is 0. The standard InChI is InChI=1S/C21H26O2S2/c22-21(23)20(17-25-16-19-11-5-2-6-12-19)13-7-8-14-24-15-18-9-3-1-4-10-18/h1-6,9-12,20H,7-8,13-17H2,(H,22,23). The van der Waals surface area contributed by atoms with Crippen LogP contribution >= 0.6 is 23.5 Å². The number of rotatable bonds is 12. The van der Waals surface area contributed by atoms with Crippen molar-refractivity contribution in [1.82, 2.24) is 0 Å². The molecule has 25 heavy (non-hydrogen) atoms. The predicted molar refractivity (Wildman–Crippen MR) is 110 cm³/mol. The first-order valence-corrected chi connectivity index (χ1v) is 11.0. The minimum atomic E-state index is -0.655. The van der Waals surface area contributed by atoms with Crippen molar-refractivity contribution in [3.63, 3.8) is 0 Å². The van der Waals surface area contributed by atoms with Gasteiger partial charge in [0.25, 0.3) is 0 Å². The molecule has 134 valence electrons. The Balaban J connectivity index is 1.57. The van der Waals surface area contributed by atoms with Gasteiger partial charge >= 0.3 is 5.97 Å². The van der Waals surface area contributed by atoms with E-state index in [2.05, 4.69) is 36.4 Å². The van der Waals surface area contributed by atoms with Gasteiger partial charge in [0.1, 0.15) is 0 Å². The van der Waals surface area contributed by atoms with Crippen LogP contribution < -0.4 is 0 Å². The molecular formula is C21H26O2S2. The Bertz CT molecular complexity index is 602. The maximum Gasteiger partial charge on any atom is 0.307 e. The highest BCUT2D eigenvalue weighted by Crippen LogP contribution is 2.21. The van der Waals surface area contributed by atoms with Crippen molar-refractivity contribution < 1.29 is 9.90 Å². The second-order valence-corrected chi connectivity index (χ2v) is 8.21. The summed E-state index contributed by atoms with van der Waals surface area (Å²) in [5.74, 6) is 2.83. The van der Waals surface area contributed by atoms with Crippen LogP contribution in [-0.4, -0.2) is 22.6 Å². The average Bonchev–Trinajstić information content (AvgIpc) is 2.64. The number of hydrogen-bond acceptors (Lipinski definition) is 3. The quantitative estimate of drug-likeness (QED) is 0.482. The van der Waals surface area contributed by atoms with Gasteiger partial charge in [-0.25, -0.2) is 0 Å². The van der Waals surface area contributed by atoms with E-state index in [1.807, 2.05) is 36.0 Å². The molecular weight excluding hydrogens is 348 g/mol. The fourth-order valence-electron chi connectivity index (χ4n) is 2.53. The zero-order valence-electron chi connectivity index (χ0n) is 14.5. The minimum Gasteiger partial charge on any atom is -0.481 e. The zero-order chi connectivity index (χ0) is 17.7. The van der Waals surface area contributed by atoms with Crippen LogP contribution in [0.15, 0.2) is 60.7 Å². The molecule has 4 heteroatoms. The third kappa shape index (κ3) is 8.50. The molecule has 1 unspecified atom stereocenters. The van der Waals surface area contributed by atoms with Crippen LogP contribution in [0.1, 0.15) is 30.4 Å². The van der Waals surface area contributed by atoms with Crippen molar-refractivity contribution >= 4 is 29.5 Å². The number of carboxylic acids is 1. The number of hydrogen-bond donors (Lipinski definition) is 1. The van der Waals surface area contributed by atoms with E-state index < -0.39 is 5.97 Å². The second-order valence-electron chi connectivity index (χ2n) is 6.07. The number of aliphatic carboxylic acids is 1. The van der Waals surface area contributed by atoms with E-state index in [-0.39, 0.29) is 5.92 Å². The molecule has 2 aromatic carbocycles. The van der Waals surface area contributed by atoms with Crippen LogP contribution in [-0.2, 0) is 16.3 Å². The summed E-state index contributed by atoms with van der Waals surface area (Å²) in [5.41, 5.74) is 2.61. The highest BCUT2D eigenvalue weighted by atomic mass is 32.2. The van der Waals surface area contributed by atoms with E-state index in [0.717, 1.165) is 36.5 Å². The Morgan fingerprint density at radius 2 is 1.40 bits per heavy atom. The highest BCUT2D eigenvalue weighted by molar-refractivity contribution is 7.98. The van der Waals surface area contributed by atoms with Gasteiger partial charge < -0.3 is 5.11 Å². The number of unbranched alkanes of at least 4 members (excludes halogenated alkanes) is 1. The molecule has 0 fully saturated rings. The van der Waals surface area contributed by atoms with Crippen LogP contribution in [0.4, 0.5) is 0 Å². The fraction of sp³-hybridized carbons (Fsp3) is 0.381. The summed E-state index contributed by atoms with van der Waals surface area (Å²) in [5, 5.41) is 9.40. The highest BCUT2D eigenvalue weighted by Gasteiger charge is 2.16. The summed E-state index contributed by atoms with van der Waals surface area (Å²) in [6, 6.07) is 20.7. The number of thioether (sulfide) groups is 2. The first kappa shape index (κ1) is 19.9. The van der Waals surface area contributed by atoms with Crippen molar-refractivity contribution in [2.45, 2.75) is 30.8 Å². The van der Waals surface area contributed by atoms with E-state index in [1.54, 1.807) is 11.8 Å². The van der Waals surface area contributed by atoms with Gasteiger partial charge in [0, 0.05) is 17.3 Å². The van der Waals surface area contributed by atoms with Crippen LogP contribution in [0.3, 0.4) is 0 Å². The molecule has 1 N–H and O–H groups in total. The molecule has 2 aromatic rings. The second kappa shape index (κ2) is 12.0. The molecule has 0 radical (unpaired) electrons. The molecule has 2 nitrogen and oxygen atoms in total. The summed E-state index contributed by atoms with van der Waals surface area (Å²) in [6.45, 7) is 0. The van der Waals surface area contributed by atoms with Crippen LogP contribution in [0, 0.1) is 5.92 Å². The van der Waals surface area contributed by atoms with Crippen LogP contribution in [0.5, 0.6) is 0 Å². The molecule has 0 saturated carbocycles. The third-order valence-corrected chi connectivity index (χ3v) is 6.27. The minimum absolute atomic E-state index is 0.229. The lowest BCUT2D eigenvalue weighted by molar-refractivity contribution is -0.141. The SMILES string of the molecule is O=C(O)C(CCCCSCc1ccccc1)CSCc1ccccc1. The normalized spacial score (nSPS) is 12.0. The molecule has 0 spiro atoms. The Morgan fingerprint density at radius 1 is 0.840 bits per heavy atom. The summed E-state index contributed by atoms with van der Waals surface area (Å²) in [4.78, 5) is 11.4. The maximum absolute atomic E-state index is 11.4. The van der Waals surface area contributed by atoms with Crippen molar-refractivity contribution in [3.05, 3.63) is 71.8 Å². The average molecular weight is 375 g/mol. The Morgan fingerprint density at radius 3 is 1.96 bits per heavy atom. The van der Waals surface area contributed by atoms with Gasteiger partial charge in [0.15, 0.2) is 0 Å². The van der Waals surface area contributed by atoms with Gasteiger partial charge in [-0.3, -0.25) is 4.79 Å². The van der Waals surface area contributed by atoms with E-state index in [9.17, 15) is 9.90 Å². The first-order valence-electron chi connectivity index (χ1n) is 8.72. The molecule has 0 aliphatic rings. The number of benzene rings is 2. The maximum atomic E-state index is 11.4. The monoisotopic (exact) mass is 374 g/mol. The topological polar surface area (TPSA) is 37.3 Å². The summed E-state index contributed by atoms with van der Waals surface area (Å²) >= 11 is 3.65. The van der Waals surface area contributed by atoms with Crippen LogP contribution in [0.25, 0.3) is 0 Å². The van der Waals surface area contributed by atoms with Gasteiger partial charge in [-0.1, -0.05) is 67.1 Å². The number of carboxylic acid groups (broad SMARTS) is 1.